The van der Waals surface area contributed by atoms with Gasteiger partial charge >= 0.3 is 0 Å². The second-order valence-corrected chi connectivity index (χ2v) is 9.26. The molecule has 0 saturated carbocycles. The monoisotopic (exact) mass is 409 g/mol. The lowest BCUT2D eigenvalue weighted by Crippen LogP contribution is -2.32. The van der Waals surface area contributed by atoms with Crippen LogP contribution in [0.5, 0.6) is 11.5 Å². The van der Waals surface area contributed by atoms with Crippen molar-refractivity contribution < 1.29 is 14.3 Å². The van der Waals surface area contributed by atoms with Gasteiger partial charge in [0, 0.05) is 35.4 Å². The maximum absolute atomic E-state index is 12.2. The summed E-state index contributed by atoms with van der Waals surface area (Å²) < 4.78 is 13.2. The van der Waals surface area contributed by atoms with Crippen LogP contribution < -0.4 is 20.8 Å². The third-order valence-electron chi connectivity index (χ3n) is 5.48. The molecule has 30 heavy (non-hydrogen) atoms. The van der Waals surface area contributed by atoms with Crippen molar-refractivity contribution in [3.8, 4) is 11.5 Å². The van der Waals surface area contributed by atoms with Gasteiger partial charge in [-0.2, -0.15) is 0 Å². The summed E-state index contributed by atoms with van der Waals surface area (Å²) in [6.07, 6.45) is 3.15. The molecule has 2 aliphatic heterocycles. The molecule has 0 radical (unpaired) electrons. The van der Waals surface area contributed by atoms with Crippen molar-refractivity contribution in [3.63, 3.8) is 0 Å². The Morgan fingerprint density at radius 1 is 1.27 bits per heavy atom. The molecule has 1 aromatic heterocycles. The molecule has 2 aliphatic rings. The minimum Gasteiger partial charge on any atom is -0.493 e. The molecule has 2 aromatic rings. The van der Waals surface area contributed by atoms with Gasteiger partial charge in [0.1, 0.15) is 12.1 Å². The average molecular weight is 409 g/mol. The summed E-state index contributed by atoms with van der Waals surface area (Å²) in [5.74, 6) is 0.908. The molecule has 2 N–H and O–H groups in total. The number of rotatable bonds is 4. The Labute approximate surface area is 175 Å². The van der Waals surface area contributed by atoms with E-state index in [9.17, 15) is 9.59 Å². The third kappa shape index (κ3) is 3.49. The van der Waals surface area contributed by atoms with Crippen LogP contribution in [0.1, 0.15) is 49.9 Å². The van der Waals surface area contributed by atoms with Gasteiger partial charge in [-0.15, -0.1) is 0 Å². The number of amides is 1. The normalized spacial score (nSPS) is 18.1. The van der Waals surface area contributed by atoms with Crippen LogP contribution in [-0.2, 0) is 24.2 Å². The van der Waals surface area contributed by atoms with Gasteiger partial charge in [-0.25, -0.2) is 0 Å². The van der Waals surface area contributed by atoms with Crippen LogP contribution in [0.2, 0.25) is 0 Å². The van der Waals surface area contributed by atoms with E-state index in [1.54, 1.807) is 19.4 Å². The SMILES string of the molecule is COc1cc2c(c3c1OC(C)(C)C3)C(c1ccc(=O)n(CC(N)=O)c1)=NC(C)(C)C2. The van der Waals surface area contributed by atoms with E-state index in [4.69, 9.17) is 20.2 Å². The maximum Gasteiger partial charge on any atom is 0.251 e. The fourth-order valence-corrected chi connectivity index (χ4v) is 4.39. The molecule has 158 valence electrons. The van der Waals surface area contributed by atoms with Crippen molar-refractivity contribution in [2.45, 2.75) is 58.2 Å². The van der Waals surface area contributed by atoms with E-state index in [1.807, 2.05) is 6.07 Å². The second-order valence-electron chi connectivity index (χ2n) is 9.26. The van der Waals surface area contributed by atoms with Crippen LogP contribution >= 0.6 is 0 Å². The number of fused-ring (bicyclic) bond motifs is 3. The van der Waals surface area contributed by atoms with E-state index in [1.165, 1.54) is 10.6 Å². The van der Waals surface area contributed by atoms with Gasteiger partial charge in [0.15, 0.2) is 11.5 Å². The topological polar surface area (TPSA) is 95.9 Å². The van der Waals surface area contributed by atoms with Crippen LogP contribution in [0, 0.1) is 0 Å². The molecule has 0 aliphatic carbocycles. The van der Waals surface area contributed by atoms with Crippen LogP contribution in [0.4, 0.5) is 0 Å². The number of aliphatic imine (C=N–C) groups is 1. The summed E-state index contributed by atoms with van der Waals surface area (Å²) in [5, 5.41) is 0. The van der Waals surface area contributed by atoms with Gasteiger partial charge in [-0.3, -0.25) is 14.6 Å². The molecule has 3 heterocycles. The molecule has 7 heteroatoms. The highest BCUT2D eigenvalue weighted by atomic mass is 16.5. The zero-order chi connectivity index (χ0) is 21.8. The van der Waals surface area contributed by atoms with Crippen LogP contribution in [0.15, 0.2) is 34.2 Å². The highest BCUT2D eigenvalue weighted by molar-refractivity contribution is 6.16. The molecule has 0 fully saturated rings. The minimum absolute atomic E-state index is 0.174. The van der Waals surface area contributed by atoms with Crippen molar-refractivity contribution in [2.24, 2.45) is 10.7 Å². The smallest absolute Gasteiger partial charge is 0.251 e. The van der Waals surface area contributed by atoms with E-state index in [-0.39, 0.29) is 23.2 Å². The number of hydrogen-bond acceptors (Lipinski definition) is 5. The standard InChI is InChI=1S/C23H27N3O4/c1-22(2)9-14-8-16(29-5)21-15(10-23(3,4)30-21)19(14)20(25-22)13-6-7-18(28)26(11-13)12-17(24)27/h6-8,11H,9-10,12H2,1-5H3,(H2,24,27). The largest absolute Gasteiger partial charge is 0.493 e. The number of benzene rings is 1. The number of pyridine rings is 1. The molecule has 0 unspecified atom stereocenters. The summed E-state index contributed by atoms with van der Waals surface area (Å²) in [5.41, 5.74) is 9.14. The van der Waals surface area contributed by atoms with Crippen LogP contribution in [0.3, 0.4) is 0 Å². The average Bonchev–Trinajstić information content (AvgIpc) is 2.95. The molecule has 0 bridgehead atoms. The Bertz CT molecular complexity index is 1140. The van der Waals surface area contributed by atoms with Crippen LogP contribution in [-0.4, -0.2) is 34.4 Å². The van der Waals surface area contributed by atoms with Gasteiger partial charge in [-0.1, -0.05) is 0 Å². The van der Waals surface area contributed by atoms with Crippen molar-refractivity contribution in [1.29, 1.82) is 0 Å². The van der Waals surface area contributed by atoms with Gasteiger partial charge in [-0.05, 0) is 51.8 Å². The number of carbonyl (C=O) groups excluding carboxylic acids is 1. The fraction of sp³-hybridized carbons (Fsp3) is 0.435. The molecular weight excluding hydrogens is 382 g/mol. The lowest BCUT2D eigenvalue weighted by atomic mass is 9.81. The zero-order valence-corrected chi connectivity index (χ0v) is 18.0. The van der Waals surface area contributed by atoms with Gasteiger partial charge in [0.2, 0.25) is 5.91 Å². The Kier molecular flexibility index (Phi) is 4.52. The lowest BCUT2D eigenvalue weighted by Gasteiger charge is -2.31. The number of ether oxygens (including phenoxy) is 2. The summed E-state index contributed by atoms with van der Waals surface area (Å²) in [6, 6.07) is 5.24. The Morgan fingerprint density at radius 2 is 2.00 bits per heavy atom. The quantitative estimate of drug-likeness (QED) is 0.838. The minimum atomic E-state index is -0.568. The van der Waals surface area contributed by atoms with E-state index in [0.29, 0.717) is 0 Å². The summed E-state index contributed by atoms with van der Waals surface area (Å²) in [7, 11) is 1.65. The molecule has 1 amide bonds. The molecule has 0 spiro atoms. The van der Waals surface area contributed by atoms with Gasteiger partial charge < -0.3 is 19.8 Å². The van der Waals surface area contributed by atoms with Crippen LogP contribution in [0.25, 0.3) is 0 Å². The van der Waals surface area contributed by atoms with Crippen molar-refractivity contribution in [1.82, 2.24) is 4.57 Å². The predicted octanol–water partition coefficient (Wildman–Crippen LogP) is 2.23. The molecule has 0 saturated heterocycles. The fourth-order valence-electron chi connectivity index (χ4n) is 4.39. The first kappa shape index (κ1) is 20.2. The highest BCUT2D eigenvalue weighted by Gasteiger charge is 2.39. The van der Waals surface area contributed by atoms with E-state index < -0.39 is 5.91 Å². The first-order valence-corrected chi connectivity index (χ1v) is 10.0. The van der Waals surface area contributed by atoms with E-state index in [2.05, 4.69) is 27.7 Å². The number of nitrogens with two attached hydrogens (primary N) is 1. The predicted molar refractivity (Wildman–Crippen MR) is 115 cm³/mol. The third-order valence-corrected chi connectivity index (χ3v) is 5.48. The maximum atomic E-state index is 12.2. The Balaban J connectivity index is 1.96. The number of carbonyl (C=O) groups is 1. The number of primary amides is 1. The number of methoxy groups -OCH3 is 1. The number of hydrogen-bond donors (Lipinski definition) is 1. The highest BCUT2D eigenvalue weighted by Crippen LogP contribution is 2.47. The molecule has 7 nitrogen and oxygen atoms in total. The molecule has 0 atom stereocenters. The van der Waals surface area contributed by atoms with Gasteiger partial charge in [0.25, 0.3) is 5.56 Å². The first-order chi connectivity index (χ1) is 14.0. The van der Waals surface area contributed by atoms with Gasteiger partial charge in [0.05, 0.1) is 18.4 Å². The molecular formula is C23H27N3O4. The number of nitrogens with zero attached hydrogens (tertiary/aromatic N) is 2. The van der Waals surface area contributed by atoms with Crippen molar-refractivity contribution >= 4 is 11.6 Å². The summed E-state index contributed by atoms with van der Waals surface area (Å²) in [4.78, 5) is 28.6. The first-order valence-electron chi connectivity index (χ1n) is 10.0. The lowest BCUT2D eigenvalue weighted by molar-refractivity contribution is -0.118. The zero-order valence-electron chi connectivity index (χ0n) is 18.0. The number of aromatic nitrogens is 1. The molecule has 4 rings (SSSR count). The summed E-state index contributed by atoms with van der Waals surface area (Å²) in [6.45, 7) is 8.09. The second kappa shape index (κ2) is 6.72. The van der Waals surface area contributed by atoms with E-state index >= 15 is 0 Å². The van der Waals surface area contributed by atoms with E-state index in [0.717, 1.165) is 52.3 Å². The van der Waals surface area contributed by atoms with Crippen molar-refractivity contribution in [3.05, 3.63) is 57.0 Å². The molecule has 1 aromatic carbocycles. The Hall–Kier alpha value is -3.09. The summed E-state index contributed by atoms with van der Waals surface area (Å²) >= 11 is 0. The Morgan fingerprint density at radius 3 is 2.67 bits per heavy atom. The van der Waals surface area contributed by atoms with Crippen molar-refractivity contribution in [2.75, 3.05) is 7.11 Å².